The fraction of sp³-hybridized carbons (Fsp3) is 0.714. The molecular formula is C14H23NS. The van der Waals surface area contributed by atoms with E-state index in [0.29, 0.717) is 5.41 Å². The van der Waals surface area contributed by atoms with Crippen LogP contribution in [0.3, 0.4) is 0 Å². The van der Waals surface area contributed by atoms with Gasteiger partial charge in [-0.1, -0.05) is 20.3 Å². The van der Waals surface area contributed by atoms with Crippen LogP contribution in [0.4, 0.5) is 0 Å². The lowest BCUT2D eigenvalue weighted by Crippen LogP contribution is -2.36. The Morgan fingerprint density at radius 1 is 1.19 bits per heavy atom. The Hall–Kier alpha value is -0.340. The maximum atomic E-state index is 6.66. The number of rotatable bonds is 1. The second-order valence-corrected chi connectivity index (χ2v) is 7.02. The summed E-state index contributed by atoms with van der Waals surface area (Å²) in [5.74, 6) is 0. The Balaban J connectivity index is 2.23. The molecule has 0 saturated heterocycles. The van der Waals surface area contributed by atoms with Crippen molar-refractivity contribution in [3.63, 3.8) is 0 Å². The molecule has 1 aliphatic carbocycles. The van der Waals surface area contributed by atoms with E-state index in [1.807, 2.05) is 11.3 Å². The van der Waals surface area contributed by atoms with Crippen molar-refractivity contribution in [3.05, 3.63) is 21.9 Å². The first kappa shape index (κ1) is 12.1. The first-order chi connectivity index (χ1) is 7.43. The molecule has 90 valence electrons. The third kappa shape index (κ3) is 2.33. The van der Waals surface area contributed by atoms with Gasteiger partial charge in [-0.2, -0.15) is 0 Å². The van der Waals surface area contributed by atoms with Crippen LogP contribution in [0.2, 0.25) is 0 Å². The molecule has 0 spiro atoms. The lowest BCUT2D eigenvalue weighted by atomic mass is 9.83. The molecule has 0 aromatic carbocycles. The molecule has 1 heterocycles. The van der Waals surface area contributed by atoms with Crippen LogP contribution in [-0.2, 0) is 5.54 Å². The Kier molecular flexibility index (Phi) is 3.15. The van der Waals surface area contributed by atoms with E-state index in [1.165, 1.54) is 29.7 Å². The molecule has 2 N–H and O–H groups in total. The van der Waals surface area contributed by atoms with E-state index in [-0.39, 0.29) is 5.54 Å². The minimum Gasteiger partial charge on any atom is -0.321 e. The maximum Gasteiger partial charge on any atom is 0.0506 e. The predicted octanol–water partition coefficient (Wildman–Crippen LogP) is 4.20. The van der Waals surface area contributed by atoms with Gasteiger partial charge in [0.15, 0.2) is 0 Å². The lowest BCUT2D eigenvalue weighted by Gasteiger charge is -2.29. The minimum atomic E-state index is -0.0496. The van der Waals surface area contributed by atoms with Gasteiger partial charge < -0.3 is 5.73 Å². The average Bonchev–Trinajstić information content (AvgIpc) is 2.56. The van der Waals surface area contributed by atoms with Crippen molar-refractivity contribution in [1.82, 2.24) is 0 Å². The molecule has 1 saturated carbocycles. The van der Waals surface area contributed by atoms with Crippen LogP contribution in [0.1, 0.15) is 56.4 Å². The molecule has 0 radical (unpaired) electrons. The Labute approximate surface area is 103 Å². The minimum absolute atomic E-state index is 0.0496. The van der Waals surface area contributed by atoms with Crippen molar-refractivity contribution >= 4 is 11.3 Å². The maximum absolute atomic E-state index is 6.66. The molecule has 0 amide bonds. The zero-order chi connectivity index (χ0) is 11.8. The molecule has 0 aliphatic heterocycles. The molecule has 1 atom stereocenters. The van der Waals surface area contributed by atoms with Crippen LogP contribution in [0.25, 0.3) is 0 Å². The third-order valence-electron chi connectivity index (χ3n) is 4.04. The van der Waals surface area contributed by atoms with Crippen LogP contribution in [0, 0.1) is 12.3 Å². The van der Waals surface area contributed by atoms with Gasteiger partial charge >= 0.3 is 0 Å². The van der Waals surface area contributed by atoms with Crippen molar-refractivity contribution in [1.29, 1.82) is 0 Å². The number of aryl methyl sites for hydroxylation is 1. The fourth-order valence-corrected chi connectivity index (χ4v) is 3.90. The van der Waals surface area contributed by atoms with Crippen molar-refractivity contribution in [2.75, 3.05) is 0 Å². The second kappa shape index (κ2) is 4.15. The SMILES string of the molecule is Cc1ccsc1C1(N)CCCC(C)(C)CC1. The first-order valence-corrected chi connectivity index (χ1v) is 7.14. The molecule has 1 aromatic heterocycles. The largest absolute Gasteiger partial charge is 0.321 e. The summed E-state index contributed by atoms with van der Waals surface area (Å²) < 4.78 is 0. The normalized spacial score (nSPS) is 30.0. The van der Waals surface area contributed by atoms with Gasteiger partial charge in [-0.15, -0.1) is 11.3 Å². The van der Waals surface area contributed by atoms with Crippen LogP contribution in [0.5, 0.6) is 0 Å². The number of hydrogen-bond acceptors (Lipinski definition) is 2. The summed E-state index contributed by atoms with van der Waals surface area (Å²) >= 11 is 1.84. The highest BCUT2D eigenvalue weighted by Crippen LogP contribution is 2.43. The monoisotopic (exact) mass is 237 g/mol. The van der Waals surface area contributed by atoms with Crippen molar-refractivity contribution in [2.24, 2.45) is 11.1 Å². The summed E-state index contributed by atoms with van der Waals surface area (Å²) in [6, 6.07) is 2.20. The number of nitrogens with two attached hydrogens (primary N) is 1. The molecule has 1 unspecified atom stereocenters. The highest BCUT2D eigenvalue weighted by Gasteiger charge is 2.35. The smallest absolute Gasteiger partial charge is 0.0506 e. The van der Waals surface area contributed by atoms with Crippen LogP contribution >= 0.6 is 11.3 Å². The van der Waals surface area contributed by atoms with Crippen LogP contribution in [-0.4, -0.2) is 0 Å². The summed E-state index contributed by atoms with van der Waals surface area (Å²) in [6.45, 7) is 6.94. The highest BCUT2D eigenvalue weighted by atomic mass is 32.1. The summed E-state index contributed by atoms with van der Waals surface area (Å²) in [5, 5.41) is 2.18. The second-order valence-electron chi connectivity index (χ2n) is 6.11. The number of thiophene rings is 1. The highest BCUT2D eigenvalue weighted by molar-refractivity contribution is 7.10. The quantitative estimate of drug-likeness (QED) is 0.728. The number of hydrogen-bond donors (Lipinski definition) is 1. The summed E-state index contributed by atoms with van der Waals surface area (Å²) in [4.78, 5) is 1.42. The van der Waals surface area contributed by atoms with Crippen molar-refractivity contribution in [3.8, 4) is 0 Å². The van der Waals surface area contributed by atoms with Gasteiger partial charge in [0.25, 0.3) is 0 Å². The average molecular weight is 237 g/mol. The Morgan fingerprint density at radius 2 is 1.94 bits per heavy atom. The van der Waals surface area contributed by atoms with Crippen molar-refractivity contribution < 1.29 is 0 Å². The van der Waals surface area contributed by atoms with Gasteiger partial charge in [0, 0.05) is 4.88 Å². The van der Waals surface area contributed by atoms with Gasteiger partial charge in [-0.05, 0) is 55.0 Å². The van der Waals surface area contributed by atoms with E-state index in [1.54, 1.807) is 0 Å². The topological polar surface area (TPSA) is 26.0 Å². The molecule has 1 fully saturated rings. The van der Waals surface area contributed by atoms with E-state index in [4.69, 9.17) is 5.73 Å². The summed E-state index contributed by atoms with van der Waals surface area (Å²) in [6.07, 6.45) is 6.12. The van der Waals surface area contributed by atoms with E-state index in [2.05, 4.69) is 32.2 Å². The molecule has 1 aliphatic rings. The van der Waals surface area contributed by atoms with Gasteiger partial charge in [0.2, 0.25) is 0 Å². The third-order valence-corrected chi connectivity index (χ3v) is 5.28. The molecule has 1 aromatic rings. The standard InChI is InChI=1S/C14H23NS/c1-11-5-10-16-12(11)14(15)7-4-6-13(2,3)8-9-14/h5,10H,4,6-9,15H2,1-3H3. The fourth-order valence-electron chi connectivity index (χ4n) is 2.80. The van der Waals surface area contributed by atoms with Gasteiger partial charge in [-0.25, -0.2) is 0 Å². The molecule has 2 rings (SSSR count). The summed E-state index contributed by atoms with van der Waals surface area (Å²) in [5.41, 5.74) is 8.47. The van der Waals surface area contributed by atoms with Crippen LogP contribution < -0.4 is 5.73 Å². The first-order valence-electron chi connectivity index (χ1n) is 6.26. The molecule has 16 heavy (non-hydrogen) atoms. The Morgan fingerprint density at radius 3 is 2.56 bits per heavy atom. The molecular weight excluding hydrogens is 214 g/mol. The molecule has 1 nitrogen and oxygen atoms in total. The van der Waals surface area contributed by atoms with Gasteiger partial charge in [0.05, 0.1) is 5.54 Å². The van der Waals surface area contributed by atoms with E-state index in [0.717, 1.165) is 12.8 Å². The lowest BCUT2D eigenvalue weighted by molar-refractivity contribution is 0.300. The summed E-state index contributed by atoms with van der Waals surface area (Å²) in [7, 11) is 0. The van der Waals surface area contributed by atoms with E-state index >= 15 is 0 Å². The van der Waals surface area contributed by atoms with E-state index in [9.17, 15) is 0 Å². The zero-order valence-corrected chi connectivity index (χ0v) is 11.5. The molecule has 2 heteroatoms. The van der Waals surface area contributed by atoms with E-state index < -0.39 is 0 Å². The van der Waals surface area contributed by atoms with Gasteiger partial charge in [-0.3, -0.25) is 0 Å². The Bertz CT molecular complexity index is 367. The van der Waals surface area contributed by atoms with Crippen LogP contribution in [0.15, 0.2) is 11.4 Å². The van der Waals surface area contributed by atoms with Crippen molar-refractivity contribution in [2.45, 2.75) is 58.4 Å². The predicted molar refractivity (Wildman–Crippen MR) is 71.8 cm³/mol. The zero-order valence-electron chi connectivity index (χ0n) is 10.7. The molecule has 0 bridgehead atoms. The van der Waals surface area contributed by atoms with Gasteiger partial charge in [0.1, 0.15) is 0 Å².